The molecule has 0 atom stereocenters. The van der Waals surface area contributed by atoms with Crippen molar-refractivity contribution in [2.75, 3.05) is 12.4 Å². The van der Waals surface area contributed by atoms with E-state index in [1.807, 2.05) is 48.5 Å². The maximum Gasteiger partial charge on any atom is 0.141 e. The van der Waals surface area contributed by atoms with Crippen molar-refractivity contribution in [2.45, 2.75) is 6.54 Å². The quantitative estimate of drug-likeness (QED) is 0.883. The topological polar surface area (TPSA) is 21.3 Å². The molecule has 2 rings (SSSR count). The van der Waals surface area contributed by atoms with E-state index in [0.717, 1.165) is 22.0 Å². The second kappa shape index (κ2) is 5.60. The van der Waals surface area contributed by atoms with Crippen LogP contribution in [0, 0.1) is 0 Å². The number of halogens is 1. The second-order valence-electron chi connectivity index (χ2n) is 3.65. The Balaban J connectivity index is 2.10. The van der Waals surface area contributed by atoms with E-state index in [1.54, 1.807) is 7.11 Å². The number of hydrogen-bond donors (Lipinski definition) is 1. The number of methoxy groups -OCH3 is 1. The van der Waals surface area contributed by atoms with Crippen molar-refractivity contribution >= 4 is 17.3 Å². The van der Waals surface area contributed by atoms with Crippen molar-refractivity contribution in [3.63, 3.8) is 0 Å². The van der Waals surface area contributed by atoms with Crippen LogP contribution in [0.3, 0.4) is 0 Å². The molecule has 0 amide bonds. The average Bonchev–Trinajstić information content (AvgIpc) is 2.38. The predicted octanol–water partition coefficient (Wildman–Crippen LogP) is 3.96. The minimum atomic E-state index is 0.681. The maximum atomic E-state index is 6.09. The zero-order valence-corrected chi connectivity index (χ0v) is 10.4. The lowest BCUT2D eigenvalue weighted by atomic mass is 10.2. The smallest absolute Gasteiger partial charge is 0.141 e. The molecule has 1 N–H and O–H groups in total. The fraction of sp³-hybridized carbons (Fsp3) is 0.143. The molecule has 0 radical (unpaired) electrons. The molecule has 0 unspecified atom stereocenters. The molecule has 0 aliphatic heterocycles. The summed E-state index contributed by atoms with van der Waals surface area (Å²) in [4.78, 5) is 0. The summed E-state index contributed by atoms with van der Waals surface area (Å²) in [6.45, 7) is 0.681. The van der Waals surface area contributed by atoms with Crippen molar-refractivity contribution in [2.24, 2.45) is 0 Å². The molecule has 0 aliphatic rings. The van der Waals surface area contributed by atoms with Gasteiger partial charge in [-0.1, -0.05) is 41.9 Å². The molecule has 0 spiro atoms. The molecule has 0 aliphatic carbocycles. The number of para-hydroxylation sites is 2. The fourth-order valence-corrected chi connectivity index (χ4v) is 1.83. The Kier molecular flexibility index (Phi) is 3.89. The summed E-state index contributed by atoms with van der Waals surface area (Å²) in [6.07, 6.45) is 0. The van der Waals surface area contributed by atoms with E-state index in [0.29, 0.717) is 6.54 Å². The average molecular weight is 248 g/mol. The van der Waals surface area contributed by atoms with E-state index in [-0.39, 0.29) is 0 Å². The largest absolute Gasteiger partial charge is 0.495 e. The van der Waals surface area contributed by atoms with Crippen molar-refractivity contribution in [3.8, 4) is 5.75 Å². The first-order chi connectivity index (χ1) is 8.31. The minimum Gasteiger partial charge on any atom is -0.495 e. The lowest BCUT2D eigenvalue weighted by Gasteiger charge is -2.11. The zero-order valence-electron chi connectivity index (χ0n) is 9.61. The molecule has 2 aromatic carbocycles. The Morgan fingerprint density at radius 2 is 1.76 bits per heavy atom. The number of rotatable bonds is 4. The molecule has 0 aromatic heterocycles. The lowest BCUT2D eigenvalue weighted by molar-refractivity contribution is 0.416. The van der Waals surface area contributed by atoms with E-state index in [4.69, 9.17) is 16.3 Å². The molecule has 0 heterocycles. The molecular weight excluding hydrogens is 234 g/mol. The highest BCUT2D eigenvalue weighted by molar-refractivity contribution is 6.31. The molecule has 0 saturated heterocycles. The van der Waals surface area contributed by atoms with Crippen LogP contribution < -0.4 is 10.1 Å². The van der Waals surface area contributed by atoms with Gasteiger partial charge in [0.2, 0.25) is 0 Å². The van der Waals surface area contributed by atoms with Gasteiger partial charge in [-0.25, -0.2) is 0 Å². The normalized spacial score (nSPS) is 10.0. The molecule has 2 nitrogen and oxygen atoms in total. The van der Waals surface area contributed by atoms with Gasteiger partial charge in [-0.3, -0.25) is 0 Å². The van der Waals surface area contributed by atoms with E-state index >= 15 is 0 Å². The van der Waals surface area contributed by atoms with Crippen LogP contribution in [-0.2, 0) is 6.54 Å². The maximum absolute atomic E-state index is 6.09. The standard InChI is InChI=1S/C14H14ClNO/c1-17-14-9-5-4-8-13(14)16-10-11-6-2-3-7-12(11)15/h2-9,16H,10H2,1H3. The SMILES string of the molecule is COc1ccccc1NCc1ccccc1Cl. The van der Waals surface area contributed by atoms with Gasteiger partial charge in [0.15, 0.2) is 0 Å². The van der Waals surface area contributed by atoms with Gasteiger partial charge in [-0.15, -0.1) is 0 Å². The molecule has 0 bridgehead atoms. The summed E-state index contributed by atoms with van der Waals surface area (Å²) in [5.41, 5.74) is 2.04. The summed E-state index contributed by atoms with van der Waals surface area (Å²) in [7, 11) is 1.66. The molecule has 17 heavy (non-hydrogen) atoms. The van der Waals surface area contributed by atoms with Gasteiger partial charge < -0.3 is 10.1 Å². The zero-order chi connectivity index (χ0) is 12.1. The van der Waals surface area contributed by atoms with Crippen LogP contribution >= 0.6 is 11.6 Å². The number of benzene rings is 2. The first-order valence-corrected chi connectivity index (χ1v) is 5.79. The Hall–Kier alpha value is -1.67. The van der Waals surface area contributed by atoms with Gasteiger partial charge in [0.1, 0.15) is 5.75 Å². The Labute approximate surface area is 106 Å². The number of hydrogen-bond acceptors (Lipinski definition) is 2. The second-order valence-corrected chi connectivity index (χ2v) is 4.05. The monoisotopic (exact) mass is 247 g/mol. The molecular formula is C14H14ClNO. The Morgan fingerprint density at radius 1 is 1.06 bits per heavy atom. The summed E-state index contributed by atoms with van der Waals surface area (Å²) >= 11 is 6.09. The van der Waals surface area contributed by atoms with Crippen LogP contribution in [0.25, 0.3) is 0 Å². The first kappa shape index (κ1) is 11.8. The molecule has 88 valence electrons. The summed E-state index contributed by atoms with van der Waals surface area (Å²) in [6, 6.07) is 15.6. The molecule has 0 fully saturated rings. The molecule has 3 heteroatoms. The summed E-state index contributed by atoms with van der Waals surface area (Å²) in [5.74, 6) is 0.833. The van der Waals surface area contributed by atoms with E-state index in [9.17, 15) is 0 Å². The number of anilines is 1. The van der Waals surface area contributed by atoms with Crippen molar-refractivity contribution < 1.29 is 4.74 Å². The van der Waals surface area contributed by atoms with E-state index < -0.39 is 0 Å². The number of ether oxygens (including phenoxy) is 1. The molecule has 0 saturated carbocycles. The first-order valence-electron chi connectivity index (χ1n) is 5.41. The van der Waals surface area contributed by atoms with Gasteiger partial charge in [0.05, 0.1) is 12.8 Å². The lowest BCUT2D eigenvalue weighted by Crippen LogP contribution is -2.01. The van der Waals surface area contributed by atoms with Crippen molar-refractivity contribution in [1.29, 1.82) is 0 Å². The van der Waals surface area contributed by atoms with Gasteiger partial charge in [0.25, 0.3) is 0 Å². The van der Waals surface area contributed by atoms with Crippen LogP contribution in [0.2, 0.25) is 5.02 Å². The third kappa shape index (κ3) is 2.92. The highest BCUT2D eigenvalue weighted by Gasteiger charge is 2.02. The third-order valence-electron chi connectivity index (χ3n) is 2.53. The van der Waals surface area contributed by atoms with Gasteiger partial charge >= 0.3 is 0 Å². The highest BCUT2D eigenvalue weighted by Crippen LogP contribution is 2.24. The summed E-state index contributed by atoms with van der Waals surface area (Å²) in [5, 5.41) is 4.08. The van der Waals surface area contributed by atoms with Crippen LogP contribution in [-0.4, -0.2) is 7.11 Å². The number of nitrogens with one attached hydrogen (secondary N) is 1. The van der Waals surface area contributed by atoms with E-state index in [2.05, 4.69) is 5.32 Å². The van der Waals surface area contributed by atoms with Crippen LogP contribution in [0.4, 0.5) is 5.69 Å². The van der Waals surface area contributed by atoms with Crippen LogP contribution in [0.15, 0.2) is 48.5 Å². The van der Waals surface area contributed by atoms with Crippen molar-refractivity contribution in [3.05, 3.63) is 59.1 Å². The van der Waals surface area contributed by atoms with E-state index in [1.165, 1.54) is 0 Å². The van der Waals surface area contributed by atoms with Crippen LogP contribution in [0.5, 0.6) is 5.75 Å². The third-order valence-corrected chi connectivity index (χ3v) is 2.90. The van der Waals surface area contributed by atoms with Gasteiger partial charge in [-0.05, 0) is 23.8 Å². The van der Waals surface area contributed by atoms with Gasteiger partial charge in [-0.2, -0.15) is 0 Å². The van der Waals surface area contributed by atoms with Crippen molar-refractivity contribution in [1.82, 2.24) is 0 Å². The summed E-state index contributed by atoms with van der Waals surface area (Å²) < 4.78 is 5.27. The Morgan fingerprint density at radius 3 is 2.53 bits per heavy atom. The minimum absolute atomic E-state index is 0.681. The highest BCUT2D eigenvalue weighted by atomic mass is 35.5. The van der Waals surface area contributed by atoms with Crippen LogP contribution in [0.1, 0.15) is 5.56 Å². The Bertz CT molecular complexity index is 499. The predicted molar refractivity (Wildman–Crippen MR) is 71.8 cm³/mol. The fourth-order valence-electron chi connectivity index (χ4n) is 1.62. The van der Waals surface area contributed by atoms with Gasteiger partial charge in [0, 0.05) is 11.6 Å². The molecule has 2 aromatic rings.